The molecule has 6 nitrogen and oxygen atoms in total. The van der Waals surface area contributed by atoms with Crippen LogP contribution in [0.25, 0.3) is 44.6 Å². The second-order valence-corrected chi connectivity index (χ2v) is 8.21. The number of hydrogen-bond donors (Lipinski definition) is 2. The topological polar surface area (TPSA) is 83.8 Å². The zero-order chi connectivity index (χ0) is 23.1. The SMILES string of the molecule is Cc1ccc2nc(-c3cn[nH]c3-c3ccc(NC(=O)c4cccc5ccccc45)cc3)oc2c1. The van der Waals surface area contributed by atoms with Crippen molar-refractivity contribution in [3.05, 3.63) is 102 Å². The highest BCUT2D eigenvalue weighted by molar-refractivity contribution is 6.13. The molecule has 0 saturated carbocycles. The van der Waals surface area contributed by atoms with E-state index < -0.39 is 0 Å². The Morgan fingerprint density at radius 3 is 2.65 bits per heavy atom. The largest absolute Gasteiger partial charge is 0.436 e. The molecular weight excluding hydrogens is 424 g/mol. The number of nitrogens with zero attached hydrogens (tertiary/aromatic N) is 2. The first-order valence-corrected chi connectivity index (χ1v) is 11.0. The van der Waals surface area contributed by atoms with Crippen molar-refractivity contribution >= 4 is 33.5 Å². The molecule has 0 fully saturated rings. The summed E-state index contributed by atoms with van der Waals surface area (Å²) in [5.41, 5.74) is 6.51. The number of nitrogens with one attached hydrogen (secondary N) is 2. The predicted octanol–water partition coefficient (Wildman–Crippen LogP) is 6.60. The molecule has 4 aromatic carbocycles. The number of anilines is 1. The average Bonchev–Trinajstić information content (AvgIpc) is 3.51. The predicted molar refractivity (Wildman–Crippen MR) is 134 cm³/mol. The number of aryl methyl sites for hydroxylation is 1. The number of carbonyl (C=O) groups excluding carboxylic acids is 1. The van der Waals surface area contributed by atoms with Gasteiger partial charge in [0.25, 0.3) is 5.91 Å². The molecule has 6 aromatic rings. The summed E-state index contributed by atoms with van der Waals surface area (Å²) >= 11 is 0. The zero-order valence-corrected chi connectivity index (χ0v) is 18.4. The Morgan fingerprint density at radius 1 is 0.941 bits per heavy atom. The van der Waals surface area contributed by atoms with Crippen LogP contribution in [-0.4, -0.2) is 21.1 Å². The monoisotopic (exact) mass is 444 g/mol. The van der Waals surface area contributed by atoms with Gasteiger partial charge in [0.1, 0.15) is 5.52 Å². The summed E-state index contributed by atoms with van der Waals surface area (Å²) in [6, 6.07) is 27.1. The van der Waals surface area contributed by atoms with Gasteiger partial charge in [-0.05, 0) is 53.6 Å². The molecule has 1 amide bonds. The van der Waals surface area contributed by atoms with Crippen molar-refractivity contribution in [3.8, 4) is 22.7 Å². The molecule has 2 N–H and O–H groups in total. The molecule has 0 atom stereocenters. The Morgan fingerprint density at radius 2 is 1.76 bits per heavy atom. The van der Waals surface area contributed by atoms with Gasteiger partial charge < -0.3 is 9.73 Å². The summed E-state index contributed by atoms with van der Waals surface area (Å²) in [4.78, 5) is 17.6. The molecule has 0 spiro atoms. The number of amides is 1. The normalized spacial score (nSPS) is 11.2. The van der Waals surface area contributed by atoms with Gasteiger partial charge >= 0.3 is 0 Å². The lowest BCUT2D eigenvalue weighted by Gasteiger charge is -2.09. The third kappa shape index (κ3) is 3.51. The van der Waals surface area contributed by atoms with E-state index in [-0.39, 0.29) is 5.91 Å². The van der Waals surface area contributed by atoms with E-state index in [9.17, 15) is 4.79 Å². The fourth-order valence-corrected chi connectivity index (χ4v) is 4.16. The molecule has 0 saturated heterocycles. The lowest BCUT2D eigenvalue weighted by Crippen LogP contribution is -2.12. The molecule has 2 heterocycles. The number of rotatable bonds is 4. The lowest BCUT2D eigenvalue weighted by atomic mass is 10.0. The maximum Gasteiger partial charge on any atom is 0.256 e. The molecular formula is C28H20N4O2. The molecule has 6 heteroatoms. The summed E-state index contributed by atoms with van der Waals surface area (Å²) in [7, 11) is 0. The molecule has 6 rings (SSSR count). The van der Waals surface area contributed by atoms with Crippen molar-refractivity contribution in [2.75, 3.05) is 5.32 Å². The molecule has 2 aromatic heterocycles. The van der Waals surface area contributed by atoms with Gasteiger partial charge in [-0.1, -0.05) is 54.6 Å². The fourth-order valence-electron chi connectivity index (χ4n) is 4.16. The summed E-state index contributed by atoms with van der Waals surface area (Å²) < 4.78 is 5.99. The van der Waals surface area contributed by atoms with E-state index in [4.69, 9.17) is 4.42 Å². The Balaban J connectivity index is 1.27. The third-order valence-electron chi connectivity index (χ3n) is 5.88. The molecule has 0 unspecified atom stereocenters. The maximum absolute atomic E-state index is 12.9. The van der Waals surface area contributed by atoms with Crippen molar-refractivity contribution in [2.24, 2.45) is 0 Å². The molecule has 164 valence electrons. The van der Waals surface area contributed by atoms with Gasteiger partial charge in [0, 0.05) is 16.8 Å². The van der Waals surface area contributed by atoms with Crippen molar-refractivity contribution < 1.29 is 9.21 Å². The summed E-state index contributed by atoms with van der Waals surface area (Å²) in [5.74, 6) is 0.367. The summed E-state index contributed by atoms with van der Waals surface area (Å²) in [6.07, 6.45) is 1.71. The van der Waals surface area contributed by atoms with Crippen molar-refractivity contribution in [1.29, 1.82) is 0 Å². The first kappa shape index (κ1) is 19.9. The molecule has 0 aliphatic rings. The number of aromatic amines is 1. The van der Waals surface area contributed by atoms with Gasteiger partial charge in [-0.2, -0.15) is 5.10 Å². The van der Waals surface area contributed by atoms with Crippen LogP contribution in [0.5, 0.6) is 0 Å². The third-order valence-corrected chi connectivity index (χ3v) is 5.88. The maximum atomic E-state index is 12.9. The Bertz CT molecular complexity index is 1660. The van der Waals surface area contributed by atoms with E-state index in [0.29, 0.717) is 17.1 Å². The lowest BCUT2D eigenvalue weighted by molar-refractivity contribution is 0.102. The highest BCUT2D eigenvalue weighted by Crippen LogP contribution is 2.32. The van der Waals surface area contributed by atoms with Gasteiger partial charge in [-0.25, -0.2) is 4.98 Å². The van der Waals surface area contributed by atoms with Crippen LogP contribution in [-0.2, 0) is 0 Å². The number of H-pyrrole nitrogens is 1. The number of aromatic nitrogens is 3. The average molecular weight is 444 g/mol. The van der Waals surface area contributed by atoms with Gasteiger partial charge in [0.2, 0.25) is 5.89 Å². The van der Waals surface area contributed by atoms with Gasteiger partial charge in [0.15, 0.2) is 5.58 Å². The number of hydrogen-bond acceptors (Lipinski definition) is 4. The number of fused-ring (bicyclic) bond motifs is 2. The molecule has 0 aliphatic carbocycles. The smallest absolute Gasteiger partial charge is 0.256 e. The molecule has 0 aliphatic heterocycles. The van der Waals surface area contributed by atoms with Crippen LogP contribution in [0.3, 0.4) is 0 Å². The van der Waals surface area contributed by atoms with E-state index in [2.05, 4.69) is 20.5 Å². The van der Waals surface area contributed by atoms with Crippen LogP contribution in [0, 0.1) is 6.92 Å². The number of benzene rings is 4. The second-order valence-electron chi connectivity index (χ2n) is 8.21. The Hall–Kier alpha value is -4.71. The zero-order valence-electron chi connectivity index (χ0n) is 18.4. The van der Waals surface area contributed by atoms with Gasteiger partial charge in [-0.15, -0.1) is 0 Å². The van der Waals surface area contributed by atoms with Crippen molar-refractivity contribution in [2.45, 2.75) is 6.92 Å². The van der Waals surface area contributed by atoms with E-state index in [1.54, 1.807) is 6.20 Å². The minimum atomic E-state index is -0.145. The van der Waals surface area contributed by atoms with Crippen molar-refractivity contribution in [1.82, 2.24) is 15.2 Å². The summed E-state index contributed by atoms with van der Waals surface area (Å²) in [5, 5.41) is 12.2. The quantitative estimate of drug-likeness (QED) is 0.321. The van der Waals surface area contributed by atoms with Crippen LogP contribution in [0.15, 0.2) is 95.5 Å². The first-order chi connectivity index (χ1) is 16.7. The van der Waals surface area contributed by atoms with Crippen LogP contribution in [0.1, 0.15) is 15.9 Å². The highest BCUT2D eigenvalue weighted by Gasteiger charge is 2.16. The first-order valence-electron chi connectivity index (χ1n) is 11.0. The highest BCUT2D eigenvalue weighted by atomic mass is 16.3. The Labute approximate surface area is 195 Å². The van der Waals surface area contributed by atoms with Crippen LogP contribution < -0.4 is 5.32 Å². The van der Waals surface area contributed by atoms with E-state index in [1.807, 2.05) is 91.9 Å². The number of oxazole rings is 1. The van der Waals surface area contributed by atoms with Crippen LogP contribution >= 0.6 is 0 Å². The molecule has 34 heavy (non-hydrogen) atoms. The van der Waals surface area contributed by atoms with E-state index in [0.717, 1.165) is 44.3 Å². The minimum absolute atomic E-state index is 0.145. The van der Waals surface area contributed by atoms with E-state index >= 15 is 0 Å². The molecule has 0 radical (unpaired) electrons. The number of carbonyl (C=O) groups is 1. The van der Waals surface area contributed by atoms with Gasteiger partial charge in [-0.3, -0.25) is 9.89 Å². The second kappa shape index (κ2) is 8.01. The van der Waals surface area contributed by atoms with E-state index in [1.165, 1.54) is 0 Å². The van der Waals surface area contributed by atoms with Crippen LogP contribution in [0.2, 0.25) is 0 Å². The van der Waals surface area contributed by atoms with Crippen LogP contribution in [0.4, 0.5) is 5.69 Å². The minimum Gasteiger partial charge on any atom is -0.436 e. The fraction of sp³-hybridized carbons (Fsp3) is 0.0357. The standard InChI is InChI=1S/C28H20N4O2/c1-17-9-14-24-25(15-17)34-28(31-24)23-16-29-32-26(23)19-10-12-20(13-11-19)30-27(33)22-8-4-6-18-5-2-3-7-21(18)22/h2-16H,1H3,(H,29,32)(H,30,33). The molecule has 0 bridgehead atoms. The van der Waals surface area contributed by atoms with Crippen molar-refractivity contribution in [3.63, 3.8) is 0 Å². The summed E-state index contributed by atoms with van der Waals surface area (Å²) in [6.45, 7) is 2.02. The Kier molecular flexibility index (Phi) is 4.70. The van der Waals surface area contributed by atoms with Gasteiger partial charge in [0.05, 0.1) is 17.5 Å².